The highest BCUT2D eigenvalue weighted by Gasteiger charge is 2.16. The van der Waals surface area contributed by atoms with Gasteiger partial charge in [-0.3, -0.25) is 4.79 Å². The molecule has 2 aromatic rings. The summed E-state index contributed by atoms with van der Waals surface area (Å²) in [4.78, 5) is 12.1. The number of nitrogens with two attached hydrogens (primary N) is 1. The molecule has 0 radical (unpaired) electrons. The summed E-state index contributed by atoms with van der Waals surface area (Å²) >= 11 is 0. The van der Waals surface area contributed by atoms with Crippen molar-refractivity contribution in [3.8, 4) is 5.75 Å². The van der Waals surface area contributed by atoms with Crippen molar-refractivity contribution in [3.05, 3.63) is 54.1 Å². The maximum atomic E-state index is 12.1. The molecule has 0 aliphatic heterocycles. The molecular weight excluding hydrogens is 276 g/mol. The molecule has 22 heavy (non-hydrogen) atoms. The first-order valence-electron chi connectivity index (χ1n) is 7.64. The second-order valence-electron chi connectivity index (χ2n) is 5.62. The summed E-state index contributed by atoms with van der Waals surface area (Å²) in [5.74, 6) is 0.710. The van der Waals surface area contributed by atoms with Crippen molar-refractivity contribution in [2.75, 3.05) is 11.1 Å². The summed E-state index contributed by atoms with van der Waals surface area (Å²) < 4.78 is 5.91. The molecule has 0 heterocycles. The van der Waals surface area contributed by atoms with Crippen molar-refractivity contribution in [1.29, 1.82) is 0 Å². The number of carbonyl (C=O) groups is 1. The van der Waals surface area contributed by atoms with Crippen LogP contribution in [-0.4, -0.2) is 12.0 Å². The van der Waals surface area contributed by atoms with E-state index in [9.17, 15) is 4.79 Å². The maximum absolute atomic E-state index is 12.1. The molecule has 3 rings (SSSR count). The average molecular weight is 296 g/mol. The monoisotopic (exact) mass is 296 g/mol. The molecule has 0 atom stereocenters. The van der Waals surface area contributed by atoms with Gasteiger partial charge in [-0.15, -0.1) is 0 Å². The molecule has 1 saturated carbocycles. The number of amides is 1. The van der Waals surface area contributed by atoms with Crippen molar-refractivity contribution in [2.24, 2.45) is 0 Å². The Morgan fingerprint density at radius 2 is 1.64 bits per heavy atom. The largest absolute Gasteiger partial charge is 0.490 e. The second-order valence-corrected chi connectivity index (χ2v) is 5.62. The standard InChI is InChI=1S/C18H20N2O2/c19-14-7-5-13(6-8-14)18(21)20-15-9-11-17(12-10-15)22-16-3-1-2-4-16/h5-12,16H,1-4,19H2,(H,20,21). The third kappa shape index (κ3) is 3.58. The number of benzene rings is 2. The molecule has 4 nitrogen and oxygen atoms in total. The molecular formula is C18H20N2O2. The minimum Gasteiger partial charge on any atom is -0.490 e. The quantitative estimate of drug-likeness (QED) is 0.842. The first-order chi connectivity index (χ1) is 10.7. The van der Waals surface area contributed by atoms with E-state index in [0.717, 1.165) is 24.3 Å². The fourth-order valence-electron chi connectivity index (χ4n) is 2.65. The second kappa shape index (κ2) is 6.52. The van der Waals surface area contributed by atoms with Crippen LogP contribution in [0, 0.1) is 0 Å². The van der Waals surface area contributed by atoms with Crippen molar-refractivity contribution < 1.29 is 9.53 Å². The van der Waals surface area contributed by atoms with Crippen molar-refractivity contribution in [3.63, 3.8) is 0 Å². The van der Waals surface area contributed by atoms with Gasteiger partial charge in [-0.1, -0.05) is 0 Å². The van der Waals surface area contributed by atoms with E-state index in [4.69, 9.17) is 10.5 Å². The number of hydrogen-bond acceptors (Lipinski definition) is 3. The Bertz CT molecular complexity index is 629. The Morgan fingerprint density at radius 3 is 2.27 bits per heavy atom. The van der Waals surface area contributed by atoms with Crippen LogP contribution in [0.4, 0.5) is 11.4 Å². The third-order valence-corrected chi connectivity index (χ3v) is 3.89. The molecule has 0 unspecified atom stereocenters. The molecule has 114 valence electrons. The van der Waals surface area contributed by atoms with Crippen molar-refractivity contribution in [1.82, 2.24) is 0 Å². The van der Waals surface area contributed by atoms with E-state index in [0.29, 0.717) is 17.4 Å². The van der Waals surface area contributed by atoms with Gasteiger partial charge in [0, 0.05) is 16.9 Å². The number of nitrogen functional groups attached to an aromatic ring is 1. The van der Waals surface area contributed by atoms with Crippen LogP contribution in [0.5, 0.6) is 5.75 Å². The van der Waals surface area contributed by atoms with Gasteiger partial charge in [0.2, 0.25) is 0 Å². The highest BCUT2D eigenvalue weighted by atomic mass is 16.5. The Morgan fingerprint density at radius 1 is 1.00 bits per heavy atom. The minimum atomic E-state index is -0.149. The van der Waals surface area contributed by atoms with E-state index in [1.54, 1.807) is 24.3 Å². The molecule has 0 saturated heterocycles. The fourth-order valence-corrected chi connectivity index (χ4v) is 2.65. The Labute approximate surface area is 130 Å². The van der Waals surface area contributed by atoms with Crippen LogP contribution >= 0.6 is 0 Å². The Hall–Kier alpha value is -2.49. The number of anilines is 2. The molecule has 0 bridgehead atoms. The van der Waals surface area contributed by atoms with Gasteiger partial charge in [-0.2, -0.15) is 0 Å². The lowest BCUT2D eigenvalue weighted by molar-refractivity contribution is 0.102. The summed E-state index contributed by atoms with van der Waals surface area (Å²) in [5, 5.41) is 2.86. The van der Waals surface area contributed by atoms with E-state index in [1.807, 2.05) is 24.3 Å². The molecule has 1 amide bonds. The van der Waals surface area contributed by atoms with Crippen LogP contribution in [0.25, 0.3) is 0 Å². The van der Waals surface area contributed by atoms with Gasteiger partial charge in [-0.05, 0) is 74.2 Å². The van der Waals surface area contributed by atoms with Gasteiger partial charge in [0.05, 0.1) is 6.10 Å². The van der Waals surface area contributed by atoms with E-state index in [-0.39, 0.29) is 5.91 Å². The Kier molecular flexibility index (Phi) is 4.28. The lowest BCUT2D eigenvalue weighted by atomic mass is 10.2. The average Bonchev–Trinajstić information content (AvgIpc) is 3.03. The van der Waals surface area contributed by atoms with Gasteiger partial charge in [0.1, 0.15) is 5.75 Å². The lowest BCUT2D eigenvalue weighted by Crippen LogP contribution is -2.12. The first-order valence-corrected chi connectivity index (χ1v) is 7.64. The number of nitrogens with one attached hydrogen (secondary N) is 1. The summed E-state index contributed by atoms with van der Waals surface area (Å²) in [7, 11) is 0. The van der Waals surface area contributed by atoms with Crippen molar-refractivity contribution in [2.45, 2.75) is 31.8 Å². The highest BCUT2D eigenvalue weighted by molar-refractivity contribution is 6.04. The topological polar surface area (TPSA) is 64.4 Å². The van der Waals surface area contributed by atoms with Gasteiger partial charge in [-0.25, -0.2) is 0 Å². The molecule has 4 heteroatoms. The maximum Gasteiger partial charge on any atom is 0.255 e. The predicted octanol–water partition coefficient (Wildman–Crippen LogP) is 3.84. The number of carbonyl (C=O) groups excluding carboxylic acids is 1. The van der Waals surface area contributed by atoms with E-state index < -0.39 is 0 Å². The molecule has 0 aromatic heterocycles. The minimum absolute atomic E-state index is 0.149. The third-order valence-electron chi connectivity index (χ3n) is 3.89. The molecule has 1 aliphatic rings. The molecule has 3 N–H and O–H groups in total. The van der Waals surface area contributed by atoms with Crippen LogP contribution in [-0.2, 0) is 0 Å². The van der Waals surface area contributed by atoms with Gasteiger partial charge < -0.3 is 15.8 Å². The van der Waals surface area contributed by atoms with Gasteiger partial charge in [0.25, 0.3) is 5.91 Å². The van der Waals surface area contributed by atoms with E-state index >= 15 is 0 Å². The predicted molar refractivity (Wildman–Crippen MR) is 88.1 cm³/mol. The first kappa shape index (κ1) is 14.4. The fraction of sp³-hybridized carbons (Fsp3) is 0.278. The normalized spacial score (nSPS) is 14.7. The molecule has 0 spiro atoms. The molecule has 1 fully saturated rings. The lowest BCUT2D eigenvalue weighted by Gasteiger charge is -2.13. The summed E-state index contributed by atoms with van der Waals surface area (Å²) in [6.45, 7) is 0. The number of rotatable bonds is 4. The van der Waals surface area contributed by atoms with Crippen LogP contribution in [0.1, 0.15) is 36.0 Å². The van der Waals surface area contributed by atoms with Crippen LogP contribution < -0.4 is 15.8 Å². The molecule has 1 aliphatic carbocycles. The van der Waals surface area contributed by atoms with E-state index in [1.165, 1.54) is 12.8 Å². The summed E-state index contributed by atoms with van der Waals surface area (Å²) in [5.41, 5.74) is 7.60. The Balaban J connectivity index is 1.60. The zero-order valence-electron chi connectivity index (χ0n) is 12.4. The zero-order chi connectivity index (χ0) is 15.4. The smallest absolute Gasteiger partial charge is 0.255 e. The van der Waals surface area contributed by atoms with Crippen LogP contribution in [0.2, 0.25) is 0 Å². The number of ether oxygens (including phenoxy) is 1. The highest BCUT2D eigenvalue weighted by Crippen LogP contribution is 2.25. The SMILES string of the molecule is Nc1ccc(C(=O)Nc2ccc(OC3CCCC3)cc2)cc1. The summed E-state index contributed by atoms with van der Waals surface area (Å²) in [6, 6.07) is 14.4. The molecule has 2 aromatic carbocycles. The van der Waals surface area contributed by atoms with Crippen molar-refractivity contribution >= 4 is 17.3 Å². The zero-order valence-corrected chi connectivity index (χ0v) is 12.4. The van der Waals surface area contributed by atoms with Crippen LogP contribution in [0.3, 0.4) is 0 Å². The van der Waals surface area contributed by atoms with Gasteiger partial charge >= 0.3 is 0 Å². The van der Waals surface area contributed by atoms with E-state index in [2.05, 4.69) is 5.32 Å². The summed E-state index contributed by atoms with van der Waals surface area (Å²) in [6.07, 6.45) is 5.11. The van der Waals surface area contributed by atoms with Gasteiger partial charge in [0.15, 0.2) is 0 Å². The van der Waals surface area contributed by atoms with Crippen LogP contribution in [0.15, 0.2) is 48.5 Å². The number of hydrogen-bond donors (Lipinski definition) is 2.